The lowest BCUT2D eigenvalue weighted by atomic mass is 10.1. The van der Waals surface area contributed by atoms with Crippen LogP contribution in [0.25, 0.3) is 0 Å². The van der Waals surface area contributed by atoms with Crippen molar-refractivity contribution >= 4 is 78.6 Å². The fourth-order valence-electron chi connectivity index (χ4n) is 3.99. The molecule has 0 aliphatic carbocycles. The van der Waals surface area contributed by atoms with Crippen molar-refractivity contribution in [1.29, 1.82) is 0 Å². The molecule has 5 rings (SSSR count). The van der Waals surface area contributed by atoms with E-state index in [4.69, 9.17) is 0 Å². The summed E-state index contributed by atoms with van der Waals surface area (Å²) in [5.41, 5.74) is 3.85. The standard InChI is InChI=1S/C24H18Br2N2O2S2/c25-17-5-1-3-15(11-17)23-27(21(29)13-31-23)19-7-9-20(10-8-19)28-22(30)14-32-24(28)16-4-2-6-18(26)12-16/h1-12,23-24H,13-14H2. The van der Waals surface area contributed by atoms with Crippen molar-refractivity contribution in [2.24, 2.45) is 0 Å². The predicted octanol–water partition coefficient (Wildman–Crippen LogP) is 6.77. The zero-order chi connectivity index (χ0) is 22.2. The number of carbonyl (C=O) groups is 2. The summed E-state index contributed by atoms with van der Waals surface area (Å²) in [6, 6.07) is 23.9. The third-order valence-corrected chi connectivity index (χ3v) is 8.82. The predicted molar refractivity (Wildman–Crippen MR) is 140 cm³/mol. The second-order valence-electron chi connectivity index (χ2n) is 7.48. The Morgan fingerprint density at radius 3 is 1.44 bits per heavy atom. The number of anilines is 2. The van der Waals surface area contributed by atoms with Crippen molar-refractivity contribution in [2.45, 2.75) is 10.7 Å². The van der Waals surface area contributed by atoms with Crippen LogP contribution >= 0.6 is 55.4 Å². The maximum Gasteiger partial charge on any atom is 0.238 e. The number of rotatable bonds is 4. The SMILES string of the molecule is O=C1CSC(c2cccc(Br)c2)N1c1ccc(N2C(=O)CSC2c2cccc(Br)c2)cc1. The Balaban J connectivity index is 1.44. The van der Waals surface area contributed by atoms with Gasteiger partial charge in [0.2, 0.25) is 11.8 Å². The number of amides is 2. The minimum Gasteiger partial charge on any atom is -0.295 e. The van der Waals surface area contributed by atoms with Gasteiger partial charge in [0, 0.05) is 20.3 Å². The van der Waals surface area contributed by atoms with Gasteiger partial charge in [-0.15, -0.1) is 23.5 Å². The first kappa shape index (κ1) is 22.1. The minimum absolute atomic E-state index is 0.0655. The average molecular weight is 590 g/mol. The number of thioether (sulfide) groups is 2. The van der Waals surface area contributed by atoms with Crippen molar-refractivity contribution in [2.75, 3.05) is 21.3 Å². The summed E-state index contributed by atoms with van der Waals surface area (Å²) >= 11 is 10.3. The monoisotopic (exact) mass is 588 g/mol. The molecule has 2 unspecified atom stereocenters. The van der Waals surface area contributed by atoms with Crippen molar-refractivity contribution in [1.82, 2.24) is 0 Å². The van der Waals surface area contributed by atoms with Gasteiger partial charge in [0.05, 0.1) is 11.5 Å². The zero-order valence-electron chi connectivity index (χ0n) is 16.8. The summed E-state index contributed by atoms with van der Waals surface area (Å²) in [5.74, 6) is 1.08. The number of hydrogen-bond donors (Lipinski definition) is 0. The van der Waals surface area contributed by atoms with Crippen LogP contribution in [0.4, 0.5) is 11.4 Å². The molecule has 0 spiro atoms. The molecule has 162 valence electrons. The maximum absolute atomic E-state index is 12.7. The Morgan fingerprint density at radius 2 is 1.06 bits per heavy atom. The maximum atomic E-state index is 12.7. The topological polar surface area (TPSA) is 40.6 Å². The molecule has 0 bridgehead atoms. The first-order valence-electron chi connectivity index (χ1n) is 9.99. The van der Waals surface area contributed by atoms with Gasteiger partial charge in [-0.1, -0.05) is 56.1 Å². The highest BCUT2D eigenvalue weighted by atomic mass is 79.9. The Labute approximate surface area is 212 Å². The van der Waals surface area contributed by atoms with Gasteiger partial charge >= 0.3 is 0 Å². The molecule has 2 aliphatic heterocycles. The highest BCUT2D eigenvalue weighted by Crippen LogP contribution is 2.45. The van der Waals surface area contributed by atoms with Gasteiger partial charge in [-0.2, -0.15) is 0 Å². The molecule has 2 fully saturated rings. The quantitative estimate of drug-likeness (QED) is 0.337. The molecule has 3 aromatic carbocycles. The third kappa shape index (κ3) is 4.25. The van der Waals surface area contributed by atoms with Crippen molar-refractivity contribution in [3.63, 3.8) is 0 Å². The van der Waals surface area contributed by atoms with Gasteiger partial charge in [-0.05, 0) is 59.7 Å². The van der Waals surface area contributed by atoms with Crippen LogP contribution < -0.4 is 9.80 Å². The van der Waals surface area contributed by atoms with Gasteiger partial charge in [-0.3, -0.25) is 19.4 Å². The first-order chi connectivity index (χ1) is 15.5. The number of carbonyl (C=O) groups excluding carboxylic acids is 2. The van der Waals surface area contributed by atoms with Crippen LogP contribution in [0.1, 0.15) is 21.9 Å². The average Bonchev–Trinajstić information content (AvgIpc) is 3.36. The van der Waals surface area contributed by atoms with Crippen LogP contribution in [0.2, 0.25) is 0 Å². The van der Waals surface area contributed by atoms with Crippen LogP contribution in [0.5, 0.6) is 0 Å². The van der Waals surface area contributed by atoms with Crippen molar-refractivity contribution in [3.8, 4) is 0 Å². The second-order valence-corrected chi connectivity index (χ2v) is 11.4. The number of halogens is 2. The molecule has 2 atom stereocenters. The highest BCUT2D eigenvalue weighted by Gasteiger charge is 2.36. The largest absolute Gasteiger partial charge is 0.295 e. The molecule has 2 heterocycles. The Kier molecular flexibility index (Phi) is 6.38. The lowest BCUT2D eigenvalue weighted by molar-refractivity contribution is -0.116. The van der Waals surface area contributed by atoms with E-state index in [1.807, 2.05) is 70.5 Å². The van der Waals surface area contributed by atoms with E-state index in [9.17, 15) is 9.59 Å². The number of nitrogens with zero attached hydrogens (tertiary/aromatic N) is 2. The Hall–Kier alpha value is -1.74. The van der Waals surface area contributed by atoms with E-state index in [0.29, 0.717) is 11.5 Å². The minimum atomic E-state index is -0.0655. The molecule has 8 heteroatoms. The van der Waals surface area contributed by atoms with Gasteiger partial charge in [0.15, 0.2) is 0 Å². The summed E-state index contributed by atoms with van der Waals surface area (Å²) in [6.07, 6.45) is 0. The zero-order valence-corrected chi connectivity index (χ0v) is 21.6. The van der Waals surface area contributed by atoms with Gasteiger partial charge in [0.25, 0.3) is 0 Å². The van der Waals surface area contributed by atoms with E-state index in [0.717, 1.165) is 31.4 Å². The molecule has 4 nitrogen and oxygen atoms in total. The summed E-state index contributed by atoms with van der Waals surface area (Å²) in [5, 5.41) is -0.131. The molecule has 0 radical (unpaired) electrons. The smallest absolute Gasteiger partial charge is 0.238 e. The summed E-state index contributed by atoms with van der Waals surface area (Å²) < 4.78 is 1.99. The summed E-state index contributed by atoms with van der Waals surface area (Å²) in [7, 11) is 0. The fraction of sp³-hybridized carbons (Fsp3) is 0.167. The first-order valence-corrected chi connectivity index (χ1v) is 13.7. The van der Waals surface area contributed by atoms with Gasteiger partial charge < -0.3 is 0 Å². The number of hydrogen-bond acceptors (Lipinski definition) is 4. The fourth-order valence-corrected chi connectivity index (χ4v) is 7.16. The van der Waals surface area contributed by atoms with E-state index in [2.05, 4.69) is 44.0 Å². The molecule has 2 saturated heterocycles. The van der Waals surface area contributed by atoms with Crippen LogP contribution in [-0.2, 0) is 9.59 Å². The molecule has 0 aromatic heterocycles. The molecule has 0 N–H and O–H groups in total. The highest BCUT2D eigenvalue weighted by molar-refractivity contribution is 9.10. The lowest BCUT2D eigenvalue weighted by Gasteiger charge is -2.27. The normalized spacial score (nSPS) is 20.9. The molecule has 3 aromatic rings. The van der Waals surface area contributed by atoms with Crippen molar-refractivity contribution in [3.05, 3.63) is 92.9 Å². The van der Waals surface area contributed by atoms with E-state index >= 15 is 0 Å². The van der Waals surface area contributed by atoms with Crippen LogP contribution in [0.3, 0.4) is 0 Å². The van der Waals surface area contributed by atoms with Gasteiger partial charge in [0.1, 0.15) is 10.7 Å². The molecular formula is C24H18Br2N2O2S2. The van der Waals surface area contributed by atoms with Crippen molar-refractivity contribution < 1.29 is 9.59 Å². The molecule has 2 aliphatic rings. The summed E-state index contributed by atoms with van der Waals surface area (Å²) in [4.78, 5) is 29.2. The molecule has 32 heavy (non-hydrogen) atoms. The van der Waals surface area contributed by atoms with E-state index in [1.54, 1.807) is 23.5 Å². The van der Waals surface area contributed by atoms with Crippen LogP contribution in [0, 0.1) is 0 Å². The van der Waals surface area contributed by atoms with E-state index in [-0.39, 0.29) is 22.6 Å². The Morgan fingerprint density at radius 1 is 0.656 bits per heavy atom. The summed E-state index contributed by atoms with van der Waals surface area (Å²) in [6.45, 7) is 0. The molecule has 2 amide bonds. The number of benzene rings is 3. The van der Waals surface area contributed by atoms with Crippen LogP contribution in [0.15, 0.2) is 81.7 Å². The lowest BCUT2D eigenvalue weighted by Crippen LogP contribution is -2.29. The third-order valence-electron chi connectivity index (χ3n) is 5.41. The van der Waals surface area contributed by atoms with Crippen LogP contribution in [-0.4, -0.2) is 23.3 Å². The van der Waals surface area contributed by atoms with E-state index < -0.39 is 0 Å². The Bertz CT molecular complexity index is 1100. The second kappa shape index (κ2) is 9.25. The van der Waals surface area contributed by atoms with Gasteiger partial charge in [-0.25, -0.2) is 0 Å². The molecular weight excluding hydrogens is 572 g/mol. The van der Waals surface area contributed by atoms with E-state index in [1.165, 1.54) is 0 Å². The molecule has 0 saturated carbocycles.